The fourth-order valence-corrected chi connectivity index (χ4v) is 3.86. The van der Waals surface area contributed by atoms with Gasteiger partial charge in [-0.2, -0.15) is 0 Å². The number of carboxylic acid groups (broad SMARTS) is 1. The molecule has 152 valence electrons. The number of ether oxygens (including phenoxy) is 2. The molecule has 0 bridgehead atoms. The minimum absolute atomic E-state index is 0.0392. The minimum atomic E-state index is -1.35. The third-order valence-electron chi connectivity index (χ3n) is 5.44. The second kappa shape index (κ2) is 7.79. The molecule has 2 aliphatic heterocycles. The number of methoxy groups -OCH3 is 1. The van der Waals surface area contributed by atoms with Gasteiger partial charge in [-0.05, 0) is 24.3 Å². The molecule has 1 aromatic carbocycles. The highest BCUT2D eigenvalue weighted by Gasteiger charge is 2.52. The van der Waals surface area contributed by atoms with Crippen molar-refractivity contribution in [2.75, 3.05) is 26.8 Å². The molecule has 2 amide bonds. The van der Waals surface area contributed by atoms with Crippen LogP contribution >= 0.6 is 0 Å². The lowest BCUT2D eigenvalue weighted by Gasteiger charge is -2.45. The Kier molecular flexibility index (Phi) is 5.60. The Bertz CT molecular complexity index is 752. The highest BCUT2D eigenvalue weighted by atomic mass is 16.5. The zero-order valence-corrected chi connectivity index (χ0v) is 16.3. The van der Waals surface area contributed by atoms with E-state index in [1.165, 1.54) is 12.0 Å². The van der Waals surface area contributed by atoms with Gasteiger partial charge in [0.2, 0.25) is 5.91 Å². The molecular weight excluding hydrogens is 364 g/mol. The highest BCUT2D eigenvalue weighted by molar-refractivity contribution is 5.97. The predicted molar refractivity (Wildman–Crippen MR) is 97.3 cm³/mol. The van der Waals surface area contributed by atoms with Crippen LogP contribution in [0.4, 0.5) is 0 Å². The summed E-state index contributed by atoms with van der Waals surface area (Å²) in [6.45, 7) is 4.36. The molecule has 0 aliphatic carbocycles. The lowest BCUT2D eigenvalue weighted by Crippen LogP contribution is -2.60. The summed E-state index contributed by atoms with van der Waals surface area (Å²) in [6.07, 6.45) is 0.717. The van der Waals surface area contributed by atoms with Gasteiger partial charge in [0.05, 0.1) is 25.7 Å². The summed E-state index contributed by atoms with van der Waals surface area (Å²) in [7, 11) is 1.53. The van der Waals surface area contributed by atoms with E-state index in [4.69, 9.17) is 9.47 Å². The van der Waals surface area contributed by atoms with Crippen LogP contribution in [0.15, 0.2) is 24.3 Å². The van der Waals surface area contributed by atoms with Crippen molar-refractivity contribution in [3.05, 3.63) is 29.8 Å². The number of carboxylic acids is 1. The topological polar surface area (TPSA) is 99.2 Å². The van der Waals surface area contributed by atoms with E-state index in [1.807, 2.05) is 13.8 Å². The number of carbonyl (C=O) groups is 3. The number of rotatable bonds is 4. The third-order valence-corrected chi connectivity index (χ3v) is 5.44. The Morgan fingerprint density at radius 2 is 1.79 bits per heavy atom. The van der Waals surface area contributed by atoms with Gasteiger partial charge in [0.1, 0.15) is 11.5 Å². The average molecular weight is 389 g/mol. The number of aliphatic carboxylic acids is 1. The maximum Gasteiger partial charge on any atom is 0.256 e. The van der Waals surface area contributed by atoms with Gasteiger partial charge in [-0.1, -0.05) is 13.8 Å². The van der Waals surface area contributed by atoms with Crippen molar-refractivity contribution in [1.82, 2.24) is 9.80 Å². The molecule has 2 saturated heterocycles. The van der Waals surface area contributed by atoms with Gasteiger partial charge < -0.3 is 24.3 Å². The molecule has 0 saturated carbocycles. The second-order valence-electron chi connectivity index (χ2n) is 7.48. The standard InChI is InChI=1S/C20H26N2O6/c1-13(2)17(23)21-10-8-20(9-11-21)22(16(12-28-20)19(25)26)18(24)14-4-6-15(27-3)7-5-14/h4-7,13,16H,8-12H2,1-3H3,(H,25,26)/p-1/t16-/m1/s1. The van der Waals surface area contributed by atoms with E-state index in [-0.39, 0.29) is 18.4 Å². The van der Waals surface area contributed by atoms with Crippen LogP contribution in [0.5, 0.6) is 5.75 Å². The number of likely N-dealkylation sites (tertiary alicyclic amines) is 1. The third kappa shape index (κ3) is 3.56. The highest BCUT2D eigenvalue weighted by Crippen LogP contribution is 2.38. The van der Waals surface area contributed by atoms with Crippen LogP contribution in [0.25, 0.3) is 0 Å². The maximum absolute atomic E-state index is 13.2. The van der Waals surface area contributed by atoms with Crippen LogP contribution < -0.4 is 9.84 Å². The van der Waals surface area contributed by atoms with Gasteiger partial charge in [0, 0.05) is 37.4 Å². The van der Waals surface area contributed by atoms with Gasteiger partial charge in [0.25, 0.3) is 5.91 Å². The Balaban J connectivity index is 1.85. The largest absolute Gasteiger partial charge is 0.548 e. The summed E-state index contributed by atoms with van der Waals surface area (Å²) in [5.74, 6) is -1.26. The molecule has 0 aromatic heterocycles. The fraction of sp³-hybridized carbons (Fsp3) is 0.550. The van der Waals surface area contributed by atoms with E-state index >= 15 is 0 Å². The summed E-state index contributed by atoms with van der Waals surface area (Å²) in [5, 5.41) is 11.7. The van der Waals surface area contributed by atoms with Crippen molar-refractivity contribution < 1.29 is 29.0 Å². The number of benzene rings is 1. The van der Waals surface area contributed by atoms with Crippen molar-refractivity contribution in [1.29, 1.82) is 0 Å². The average Bonchev–Trinajstić information content (AvgIpc) is 3.06. The summed E-state index contributed by atoms with van der Waals surface area (Å²) in [5.41, 5.74) is -0.701. The van der Waals surface area contributed by atoms with Crippen LogP contribution in [0.1, 0.15) is 37.0 Å². The normalized spacial score (nSPS) is 21.2. The van der Waals surface area contributed by atoms with Crippen LogP contribution in [-0.2, 0) is 14.3 Å². The van der Waals surface area contributed by atoms with E-state index in [1.54, 1.807) is 29.2 Å². The van der Waals surface area contributed by atoms with Gasteiger partial charge in [-0.3, -0.25) is 14.5 Å². The Hall–Kier alpha value is -2.61. The molecule has 8 heteroatoms. The summed E-state index contributed by atoms with van der Waals surface area (Å²) < 4.78 is 11.0. The molecule has 0 unspecified atom stereocenters. The lowest BCUT2D eigenvalue weighted by molar-refractivity contribution is -0.310. The molecule has 0 N–H and O–H groups in total. The van der Waals surface area contributed by atoms with E-state index in [0.717, 1.165) is 0 Å². The van der Waals surface area contributed by atoms with Crippen LogP contribution in [0.3, 0.4) is 0 Å². The molecule has 2 fully saturated rings. The summed E-state index contributed by atoms with van der Waals surface area (Å²) in [4.78, 5) is 40.1. The van der Waals surface area contributed by atoms with Crippen molar-refractivity contribution >= 4 is 17.8 Å². The first-order valence-electron chi connectivity index (χ1n) is 9.40. The Morgan fingerprint density at radius 3 is 2.29 bits per heavy atom. The van der Waals surface area contributed by atoms with Gasteiger partial charge >= 0.3 is 0 Å². The van der Waals surface area contributed by atoms with Crippen molar-refractivity contribution in [2.45, 2.75) is 38.5 Å². The van der Waals surface area contributed by atoms with Crippen molar-refractivity contribution in [3.8, 4) is 5.75 Å². The van der Waals surface area contributed by atoms with E-state index < -0.39 is 23.6 Å². The van der Waals surface area contributed by atoms with Crippen LogP contribution in [-0.4, -0.2) is 66.2 Å². The molecule has 0 radical (unpaired) electrons. The molecule has 1 spiro atoms. The van der Waals surface area contributed by atoms with Crippen molar-refractivity contribution in [3.63, 3.8) is 0 Å². The number of hydrogen-bond acceptors (Lipinski definition) is 6. The zero-order chi connectivity index (χ0) is 20.5. The quantitative estimate of drug-likeness (QED) is 0.733. The Morgan fingerprint density at radius 1 is 1.18 bits per heavy atom. The number of hydrogen-bond donors (Lipinski definition) is 0. The number of amides is 2. The number of carbonyl (C=O) groups excluding carboxylic acids is 3. The van der Waals surface area contributed by atoms with E-state index in [0.29, 0.717) is 37.2 Å². The number of piperidine rings is 1. The van der Waals surface area contributed by atoms with E-state index in [2.05, 4.69) is 0 Å². The molecule has 2 aliphatic rings. The monoisotopic (exact) mass is 389 g/mol. The van der Waals surface area contributed by atoms with Crippen LogP contribution in [0, 0.1) is 5.92 Å². The van der Waals surface area contributed by atoms with E-state index in [9.17, 15) is 19.5 Å². The molecule has 2 heterocycles. The second-order valence-corrected chi connectivity index (χ2v) is 7.48. The first-order valence-corrected chi connectivity index (χ1v) is 9.40. The molecule has 3 rings (SSSR count). The molecular formula is C20H25N2O6-. The maximum atomic E-state index is 13.2. The van der Waals surface area contributed by atoms with Gasteiger partial charge in [-0.25, -0.2) is 0 Å². The minimum Gasteiger partial charge on any atom is -0.548 e. The predicted octanol–water partition coefficient (Wildman–Crippen LogP) is 0.261. The smallest absolute Gasteiger partial charge is 0.256 e. The summed E-state index contributed by atoms with van der Waals surface area (Å²) in [6, 6.07) is 5.32. The first-order chi connectivity index (χ1) is 13.3. The summed E-state index contributed by atoms with van der Waals surface area (Å²) >= 11 is 0. The molecule has 28 heavy (non-hydrogen) atoms. The molecule has 8 nitrogen and oxygen atoms in total. The molecule has 1 aromatic rings. The van der Waals surface area contributed by atoms with Gasteiger partial charge in [-0.15, -0.1) is 0 Å². The first kappa shape index (κ1) is 20.1. The SMILES string of the molecule is COc1ccc(C(=O)N2[C@@H](C(=O)[O-])COC23CCN(C(=O)C(C)C)CC3)cc1. The van der Waals surface area contributed by atoms with Gasteiger partial charge in [0.15, 0.2) is 0 Å². The zero-order valence-electron chi connectivity index (χ0n) is 16.3. The fourth-order valence-electron chi connectivity index (χ4n) is 3.86. The molecule has 1 atom stereocenters. The Labute approximate surface area is 164 Å². The lowest BCUT2D eigenvalue weighted by atomic mass is 9.96. The number of nitrogens with zero attached hydrogens (tertiary/aromatic N) is 2. The van der Waals surface area contributed by atoms with Crippen LogP contribution in [0.2, 0.25) is 0 Å². The van der Waals surface area contributed by atoms with Crippen molar-refractivity contribution in [2.24, 2.45) is 5.92 Å².